The Bertz CT molecular complexity index is 181. The summed E-state index contributed by atoms with van der Waals surface area (Å²) in [6.45, 7) is 12.6. The van der Waals surface area contributed by atoms with Crippen LogP contribution in [0.1, 0.15) is 40.5 Å². The van der Waals surface area contributed by atoms with Gasteiger partial charge in [-0.2, -0.15) is 0 Å². The minimum atomic E-state index is 0.00463. The van der Waals surface area contributed by atoms with Crippen molar-refractivity contribution in [3.05, 3.63) is 0 Å². The fourth-order valence-electron chi connectivity index (χ4n) is 2.38. The van der Waals surface area contributed by atoms with Crippen LogP contribution in [0.3, 0.4) is 0 Å². The van der Waals surface area contributed by atoms with Crippen molar-refractivity contribution in [2.75, 3.05) is 26.7 Å². The highest BCUT2D eigenvalue weighted by molar-refractivity contribution is 4.79. The van der Waals surface area contributed by atoms with Crippen LogP contribution in [0.25, 0.3) is 0 Å². The first kappa shape index (κ1) is 13.0. The average molecular weight is 213 g/mol. The summed E-state index contributed by atoms with van der Waals surface area (Å²) in [5.74, 6) is 1.79. The molecule has 0 atom stereocenters. The van der Waals surface area contributed by atoms with Crippen molar-refractivity contribution in [2.45, 2.75) is 46.1 Å². The second-order valence-corrected chi connectivity index (χ2v) is 5.82. The topological polar surface area (TPSA) is 12.5 Å². The van der Waals surface area contributed by atoms with E-state index >= 15 is 0 Å². The first-order valence-corrected chi connectivity index (χ1v) is 6.22. The zero-order valence-electron chi connectivity index (χ0n) is 11.0. The predicted octanol–water partition coefficient (Wildman–Crippen LogP) is 2.78. The lowest BCUT2D eigenvalue weighted by molar-refractivity contribution is -0.0162. The van der Waals surface area contributed by atoms with Gasteiger partial charge in [0, 0.05) is 13.7 Å². The van der Waals surface area contributed by atoms with Crippen molar-refractivity contribution in [3.63, 3.8) is 0 Å². The monoisotopic (exact) mass is 213 g/mol. The zero-order chi connectivity index (χ0) is 11.5. The molecule has 90 valence electrons. The van der Waals surface area contributed by atoms with Gasteiger partial charge in [-0.05, 0) is 51.6 Å². The molecule has 0 bridgehead atoms. The van der Waals surface area contributed by atoms with E-state index in [4.69, 9.17) is 4.74 Å². The number of hydrogen-bond acceptors (Lipinski definition) is 2. The lowest BCUT2D eigenvalue weighted by atomic mass is 9.86. The first-order valence-electron chi connectivity index (χ1n) is 6.22. The van der Waals surface area contributed by atoms with Gasteiger partial charge >= 0.3 is 0 Å². The Kier molecular flexibility index (Phi) is 4.60. The summed E-state index contributed by atoms with van der Waals surface area (Å²) in [6.07, 6.45) is 2.72. The van der Waals surface area contributed by atoms with Crippen LogP contribution in [0.2, 0.25) is 0 Å². The van der Waals surface area contributed by atoms with Crippen molar-refractivity contribution in [2.24, 2.45) is 11.8 Å². The van der Waals surface area contributed by atoms with E-state index in [0.717, 1.165) is 18.4 Å². The fourth-order valence-corrected chi connectivity index (χ4v) is 2.38. The molecule has 1 aliphatic heterocycles. The number of piperidine rings is 1. The van der Waals surface area contributed by atoms with Crippen LogP contribution in [0, 0.1) is 11.8 Å². The first-order chi connectivity index (χ1) is 6.94. The summed E-state index contributed by atoms with van der Waals surface area (Å²) in [4.78, 5) is 2.54. The van der Waals surface area contributed by atoms with Crippen LogP contribution in [0.5, 0.6) is 0 Å². The molecule has 0 aromatic heterocycles. The van der Waals surface area contributed by atoms with Gasteiger partial charge in [0.05, 0.1) is 5.60 Å². The number of methoxy groups -OCH3 is 1. The van der Waals surface area contributed by atoms with Gasteiger partial charge in [-0.3, -0.25) is 0 Å². The Labute approximate surface area is 95.0 Å². The molecule has 1 rings (SSSR count). The van der Waals surface area contributed by atoms with Crippen LogP contribution < -0.4 is 0 Å². The third-order valence-electron chi connectivity index (χ3n) is 3.73. The predicted molar refractivity (Wildman–Crippen MR) is 65.1 cm³/mol. The molecule has 1 aliphatic rings. The Balaban J connectivity index is 2.32. The van der Waals surface area contributed by atoms with Crippen molar-refractivity contribution in [1.29, 1.82) is 0 Å². The standard InChI is InChI=1S/C13H27NO/c1-11(2)12-6-8-14(9-7-12)10-13(3,4)15-5/h11-12H,6-10H2,1-5H3. The maximum absolute atomic E-state index is 5.47. The van der Waals surface area contributed by atoms with E-state index < -0.39 is 0 Å². The number of rotatable bonds is 4. The van der Waals surface area contributed by atoms with Crippen LogP contribution in [-0.4, -0.2) is 37.2 Å². The highest BCUT2D eigenvalue weighted by atomic mass is 16.5. The summed E-state index contributed by atoms with van der Waals surface area (Å²) in [7, 11) is 1.81. The SMILES string of the molecule is COC(C)(C)CN1CCC(C(C)C)CC1. The fraction of sp³-hybridized carbons (Fsp3) is 1.00. The van der Waals surface area contributed by atoms with E-state index in [9.17, 15) is 0 Å². The van der Waals surface area contributed by atoms with E-state index in [1.54, 1.807) is 7.11 Å². The zero-order valence-corrected chi connectivity index (χ0v) is 11.0. The highest BCUT2D eigenvalue weighted by Crippen LogP contribution is 2.25. The van der Waals surface area contributed by atoms with Crippen molar-refractivity contribution in [1.82, 2.24) is 4.90 Å². The van der Waals surface area contributed by atoms with Crippen LogP contribution in [0.15, 0.2) is 0 Å². The van der Waals surface area contributed by atoms with Gasteiger partial charge in [-0.25, -0.2) is 0 Å². The molecule has 0 aliphatic carbocycles. The van der Waals surface area contributed by atoms with E-state index in [2.05, 4.69) is 32.6 Å². The molecule has 0 spiro atoms. The molecule has 1 fully saturated rings. The molecule has 0 aromatic rings. The number of ether oxygens (including phenoxy) is 1. The molecule has 2 heteroatoms. The van der Waals surface area contributed by atoms with Gasteiger partial charge in [0.15, 0.2) is 0 Å². The van der Waals surface area contributed by atoms with Gasteiger partial charge in [0.25, 0.3) is 0 Å². The van der Waals surface area contributed by atoms with E-state index in [1.165, 1.54) is 25.9 Å². The average Bonchev–Trinajstić information content (AvgIpc) is 2.18. The molecular formula is C13H27NO. The van der Waals surface area contributed by atoms with Gasteiger partial charge < -0.3 is 9.64 Å². The summed E-state index contributed by atoms with van der Waals surface area (Å²) >= 11 is 0. The van der Waals surface area contributed by atoms with Crippen molar-refractivity contribution >= 4 is 0 Å². The molecule has 0 N–H and O–H groups in total. The minimum absolute atomic E-state index is 0.00463. The molecule has 15 heavy (non-hydrogen) atoms. The van der Waals surface area contributed by atoms with Crippen molar-refractivity contribution < 1.29 is 4.74 Å². The molecule has 0 amide bonds. The molecule has 1 saturated heterocycles. The summed E-state index contributed by atoms with van der Waals surface area (Å²) in [6, 6.07) is 0. The number of likely N-dealkylation sites (tertiary alicyclic amines) is 1. The molecule has 0 unspecified atom stereocenters. The number of nitrogens with zero attached hydrogens (tertiary/aromatic N) is 1. The molecule has 0 aromatic carbocycles. The maximum atomic E-state index is 5.47. The quantitative estimate of drug-likeness (QED) is 0.712. The lowest BCUT2D eigenvalue weighted by Gasteiger charge is -2.37. The second kappa shape index (κ2) is 5.31. The van der Waals surface area contributed by atoms with Gasteiger partial charge in [0.2, 0.25) is 0 Å². The summed E-state index contributed by atoms with van der Waals surface area (Å²) in [5.41, 5.74) is 0.00463. The van der Waals surface area contributed by atoms with Gasteiger partial charge in [-0.1, -0.05) is 13.8 Å². The number of hydrogen-bond donors (Lipinski definition) is 0. The smallest absolute Gasteiger partial charge is 0.0749 e. The minimum Gasteiger partial charge on any atom is -0.377 e. The Morgan fingerprint density at radius 2 is 1.80 bits per heavy atom. The normalized spacial score (nSPS) is 21.2. The van der Waals surface area contributed by atoms with E-state index in [0.29, 0.717) is 0 Å². The lowest BCUT2D eigenvalue weighted by Crippen LogP contribution is -2.44. The summed E-state index contributed by atoms with van der Waals surface area (Å²) < 4.78 is 5.47. The molecular weight excluding hydrogens is 186 g/mol. The maximum Gasteiger partial charge on any atom is 0.0749 e. The molecule has 2 nitrogen and oxygen atoms in total. The Morgan fingerprint density at radius 3 is 2.20 bits per heavy atom. The molecule has 1 heterocycles. The summed E-state index contributed by atoms with van der Waals surface area (Å²) in [5, 5.41) is 0. The van der Waals surface area contributed by atoms with Crippen LogP contribution in [-0.2, 0) is 4.74 Å². The third kappa shape index (κ3) is 4.12. The van der Waals surface area contributed by atoms with E-state index in [1.807, 2.05) is 0 Å². The third-order valence-corrected chi connectivity index (χ3v) is 3.73. The second-order valence-electron chi connectivity index (χ2n) is 5.82. The van der Waals surface area contributed by atoms with Crippen LogP contribution >= 0.6 is 0 Å². The van der Waals surface area contributed by atoms with Crippen LogP contribution in [0.4, 0.5) is 0 Å². The highest BCUT2D eigenvalue weighted by Gasteiger charge is 2.26. The van der Waals surface area contributed by atoms with Gasteiger partial charge in [-0.15, -0.1) is 0 Å². The largest absolute Gasteiger partial charge is 0.377 e. The van der Waals surface area contributed by atoms with Gasteiger partial charge in [0.1, 0.15) is 0 Å². The van der Waals surface area contributed by atoms with Crippen molar-refractivity contribution in [3.8, 4) is 0 Å². The van der Waals surface area contributed by atoms with E-state index in [-0.39, 0.29) is 5.60 Å². The molecule has 0 radical (unpaired) electrons. The Morgan fingerprint density at radius 1 is 1.27 bits per heavy atom. The Hall–Kier alpha value is -0.0800. The molecule has 0 saturated carbocycles.